The molecule has 1 N–H and O–H groups in total. The molecule has 0 spiro atoms. The Bertz CT molecular complexity index is 1310. The number of urea groups is 1. The van der Waals surface area contributed by atoms with Crippen molar-refractivity contribution in [1.82, 2.24) is 5.32 Å². The third kappa shape index (κ3) is 6.25. The van der Waals surface area contributed by atoms with Gasteiger partial charge in [0.05, 0.1) is 5.69 Å². The highest BCUT2D eigenvalue weighted by atomic mass is 16.5. The van der Waals surface area contributed by atoms with Crippen molar-refractivity contribution in [2.24, 2.45) is 0 Å². The molecule has 1 fully saturated rings. The van der Waals surface area contributed by atoms with E-state index in [1.807, 2.05) is 25.1 Å². The highest BCUT2D eigenvalue weighted by molar-refractivity contribution is 6.39. The minimum atomic E-state index is -0.768. The smallest absolute Gasteiger partial charge is 0.335 e. The van der Waals surface area contributed by atoms with Gasteiger partial charge in [-0.05, 0) is 78.4 Å². The van der Waals surface area contributed by atoms with Crippen molar-refractivity contribution < 1.29 is 23.9 Å². The van der Waals surface area contributed by atoms with Crippen molar-refractivity contribution in [3.05, 3.63) is 95.1 Å². The highest BCUT2D eigenvalue weighted by Crippen LogP contribution is 2.24. The van der Waals surface area contributed by atoms with Gasteiger partial charge in [0.2, 0.25) is 0 Å². The fourth-order valence-electron chi connectivity index (χ4n) is 3.93. The second-order valence-corrected chi connectivity index (χ2v) is 8.94. The number of aryl methyl sites for hydroxylation is 1. The SMILES string of the molecule is CC[C@H](C)c1ccc(OCCOc2ccc(/C=C3/C(=O)NC(=O)N(c4cccc(C)c4)C3=O)cc2)cc1. The van der Waals surface area contributed by atoms with Crippen LogP contribution in [0.3, 0.4) is 0 Å². The number of nitrogens with zero attached hydrogens (tertiary/aromatic N) is 1. The van der Waals surface area contributed by atoms with Crippen LogP contribution in [-0.4, -0.2) is 31.1 Å². The Morgan fingerprint density at radius 3 is 2.11 bits per heavy atom. The van der Waals surface area contributed by atoms with Crippen LogP contribution in [0.2, 0.25) is 0 Å². The second-order valence-electron chi connectivity index (χ2n) is 8.94. The molecule has 0 bridgehead atoms. The van der Waals surface area contributed by atoms with E-state index in [0.29, 0.717) is 36.1 Å². The Balaban J connectivity index is 1.35. The van der Waals surface area contributed by atoms with Gasteiger partial charge in [-0.3, -0.25) is 14.9 Å². The average Bonchev–Trinajstić information content (AvgIpc) is 2.89. The van der Waals surface area contributed by atoms with Gasteiger partial charge in [-0.1, -0.05) is 50.2 Å². The van der Waals surface area contributed by atoms with Crippen LogP contribution in [0, 0.1) is 6.92 Å². The van der Waals surface area contributed by atoms with Crippen LogP contribution < -0.4 is 19.7 Å². The van der Waals surface area contributed by atoms with Gasteiger partial charge < -0.3 is 9.47 Å². The van der Waals surface area contributed by atoms with Crippen LogP contribution >= 0.6 is 0 Å². The number of rotatable bonds is 9. The summed E-state index contributed by atoms with van der Waals surface area (Å²) < 4.78 is 11.5. The summed E-state index contributed by atoms with van der Waals surface area (Å²) in [7, 11) is 0. The molecule has 37 heavy (non-hydrogen) atoms. The molecule has 190 valence electrons. The predicted molar refractivity (Wildman–Crippen MR) is 143 cm³/mol. The number of barbiturate groups is 1. The summed E-state index contributed by atoms with van der Waals surface area (Å²) in [5.41, 5.74) is 3.09. The quantitative estimate of drug-likeness (QED) is 0.235. The normalized spacial score (nSPS) is 15.5. The summed E-state index contributed by atoms with van der Waals surface area (Å²) in [4.78, 5) is 38.8. The standard InChI is InChI=1S/C30H30N2O5/c1-4-21(3)23-10-14-26(15-11-23)37-17-16-36-25-12-8-22(9-13-25)19-27-28(33)31-30(35)32(29(27)34)24-7-5-6-20(2)18-24/h5-15,18-19,21H,4,16-17H2,1-3H3,(H,31,33,35)/b27-19-/t21-/m0/s1. The van der Waals surface area contributed by atoms with E-state index in [4.69, 9.17) is 9.47 Å². The van der Waals surface area contributed by atoms with E-state index in [9.17, 15) is 14.4 Å². The summed E-state index contributed by atoms with van der Waals surface area (Å²) >= 11 is 0. The molecule has 1 saturated heterocycles. The van der Waals surface area contributed by atoms with Crippen LogP contribution in [0.25, 0.3) is 6.08 Å². The lowest BCUT2D eigenvalue weighted by molar-refractivity contribution is -0.122. The number of benzene rings is 3. The number of hydrogen-bond acceptors (Lipinski definition) is 5. The van der Waals surface area contributed by atoms with Gasteiger partial charge in [0, 0.05) is 0 Å². The molecule has 3 aromatic rings. The van der Waals surface area contributed by atoms with Gasteiger partial charge in [-0.2, -0.15) is 0 Å². The Morgan fingerprint density at radius 1 is 0.892 bits per heavy atom. The molecule has 7 nitrogen and oxygen atoms in total. The fourth-order valence-corrected chi connectivity index (χ4v) is 3.93. The number of carbonyl (C=O) groups is 3. The molecular formula is C30H30N2O5. The second kappa shape index (κ2) is 11.6. The molecule has 3 aromatic carbocycles. The first-order chi connectivity index (χ1) is 17.9. The first-order valence-electron chi connectivity index (χ1n) is 12.3. The molecular weight excluding hydrogens is 468 g/mol. The summed E-state index contributed by atoms with van der Waals surface area (Å²) in [6, 6.07) is 21.3. The summed E-state index contributed by atoms with van der Waals surface area (Å²) in [6.07, 6.45) is 2.56. The zero-order chi connectivity index (χ0) is 26.4. The molecule has 1 heterocycles. The van der Waals surface area contributed by atoms with Crippen molar-refractivity contribution >= 4 is 29.6 Å². The summed E-state index contributed by atoms with van der Waals surface area (Å²) in [5.74, 6) is 0.554. The van der Waals surface area contributed by atoms with E-state index in [-0.39, 0.29) is 5.57 Å². The molecule has 0 saturated carbocycles. The number of hydrogen-bond donors (Lipinski definition) is 1. The summed E-state index contributed by atoms with van der Waals surface area (Å²) in [6.45, 7) is 6.99. The molecule has 0 unspecified atom stereocenters. The van der Waals surface area contributed by atoms with E-state index in [1.165, 1.54) is 11.6 Å². The molecule has 4 amide bonds. The number of nitrogens with one attached hydrogen (secondary N) is 1. The Kier molecular flexibility index (Phi) is 8.03. The van der Waals surface area contributed by atoms with Crippen molar-refractivity contribution in [3.8, 4) is 11.5 Å². The minimum Gasteiger partial charge on any atom is -0.490 e. The number of carbonyl (C=O) groups excluding carboxylic acids is 3. The maximum atomic E-state index is 13.0. The van der Waals surface area contributed by atoms with E-state index < -0.39 is 17.8 Å². The average molecular weight is 499 g/mol. The van der Waals surface area contributed by atoms with Gasteiger partial charge in [-0.25, -0.2) is 9.69 Å². The van der Waals surface area contributed by atoms with Crippen LogP contribution in [0.4, 0.5) is 10.5 Å². The van der Waals surface area contributed by atoms with E-state index in [0.717, 1.165) is 22.6 Å². The summed E-state index contributed by atoms with van der Waals surface area (Å²) in [5, 5.41) is 2.24. The molecule has 4 rings (SSSR count). The number of ether oxygens (including phenoxy) is 2. The van der Waals surface area contributed by atoms with Gasteiger partial charge in [0.15, 0.2) is 0 Å². The maximum absolute atomic E-state index is 13.0. The Morgan fingerprint density at radius 2 is 1.51 bits per heavy atom. The molecule has 1 atom stereocenters. The lowest BCUT2D eigenvalue weighted by Crippen LogP contribution is -2.54. The number of imide groups is 2. The lowest BCUT2D eigenvalue weighted by Gasteiger charge is -2.26. The minimum absolute atomic E-state index is 0.123. The van der Waals surface area contributed by atoms with Gasteiger partial charge >= 0.3 is 6.03 Å². The van der Waals surface area contributed by atoms with Crippen molar-refractivity contribution in [2.75, 3.05) is 18.1 Å². The lowest BCUT2D eigenvalue weighted by atomic mass is 9.99. The molecule has 1 aliphatic rings. The van der Waals surface area contributed by atoms with Gasteiger partial charge in [0.25, 0.3) is 11.8 Å². The van der Waals surface area contributed by atoms with E-state index in [1.54, 1.807) is 42.5 Å². The number of anilines is 1. The van der Waals surface area contributed by atoms with Crippen molar-refractivity contribution in [2.45, 2.75) is 33.1 Å². The van der Waals surface area contributed by atoms with Gasteiger partial charge in [-0.15, -0.1) is 0 Å². The zero-order valence-corrected chi connectivity index (χ0v) is 21.2. The monoisotopic (exact) mass is 498 g/mol. The molecule has 0 aromatic heterocycles. The topological polar surface area (TPSA) is 84.9 Å². The van der Waals surface area contributed by atoms with E-state index in [2.05, 4.69) is 31.3 Å². The largest absolute Gasteiger partial charge is 0.490 e. The Hall–Kier alpha value is -4.39. The fraction of sp³-hybridized carbons (Fsp3) is 0.233. The van der Waals surface area contributed by atoms with Crippen molar-refractivity contribution in [3.63, 3.8) is 0 Å². The van der Waals surface area contributed by atoms with Crippen LogP contribution in [0.1, 0.15) is 42.9 Å². The number of amides is 4. The first-order valence-corrected chi connectivity index (χ1v) is 12.3. The molecule has 0 radical (unpaired) electrons. The first kappa shape index (κ1) is 25.7. The van der Waals surface area contributed by atoms with Gasteiger partial charge in [0.1, 0.15) is 30.3 Å². The third-order valence-corrected chi connectivity index (χ3v) is 6.23. The van der Waals surface area contributed by atoms with Crippen LogP contribution in [-0.2, 0) is 9.59 Å². The predicted octanol–water partition coefficient (Wildman–Crippen LogP) is 5.63. The van der Waals surface area contributed by atoms with E-state index >= 15 is 0 Å². The maximum Gasteiger partial charge on any atom is 0.335 e. The zero-order valence-electron chi connectivity index (χ0n) is 21.2. The van der Waals surface area contributed by atoms with Crippen LogP contribution in [0.15, 0.2) is 78.4 Å². The molecule has 1 aliphatic heterocycles. The highest BCUT2D eigenvalue weighted by Gasteiger charge is 2.36. The van der Waals surface area contributed by atoms with Crippen LogP contribution in [0.5, 0.6) is 11.5 Å². The molecule has 0 aliphatic carbocycles. The Labute approximate surface area is 216 Å². The van der Waals surface area contributed by atoms with Crippen molar-refractivity contribution in [1.29, 1.82) is 0 Å². The molecule has 7 heteroatoms. The third-order valence-electron chi connectivity index (χ3n) is 6.23.